The quantitative estimate of drug-likeness (QED) is 0.712. The minimum atomic E-state index is 0.451. The molecule has 0 radical (unpaired) electrons. The highest BCUT2D eigenvalue weighted by atomic mass is 15.1. The largest absolute Gasteiger partial charge is 0.370 e. The zero-order valence-electron chi connectivity index (χ0n) is 13.7. The van der Waals surface area contributed by atoms with Crippen LogP contribution in [0.2, 0.25) is 0 Å². The summed E-state index contributed by atoms with van der Waals surface area (Å²) >= 11 is 0. The molecule has 1 aromatic rings. The van der Waals surface area contributed by atoms with Crippen LogP contribution in [-0.4, -0.2) is 22.6 Å². The van der Waals surface area contributed by atoms with Crippen molar-refractivity contribution in [2.45, 2.75) is 72.8 Å². The van der Waals surface area contributed by atoms with Gasteiger partial charge in [-0.05, 0) is 33.6 Å². The van der Waals surface area contributed by atoms with E-state index < -0.39 is 0 Å². The fraction of sp³-hybridized carbons (Fsp3) is 0.750. The van der Waals surface area contributed by atoms with Gasteiger partial charge in [-0.2, -0.15) is 0 Å². The molecule has 0 spiro atoms. The molecule has 0 aliphatic rings. The molecular weight excluding hydrogens is 248 g/mol. The van der Waals surface area contributed by atoms with Crippen molar-refractivity contribution >= 4 is 11.6 Å². The van der Waals surface area contributed by atoms with Crippen molar-refractivity contribution in [3.05, 3.63) is 11.4 Å². The van der Waals surface area contributed by atoms with Crippen LogP contribution in [0.25, 0.3) is 0 Å². The Kier molecular flexibility index (Phi) is 7.34. The molecule has 114 valence electrons. The van der Waals surface area contributed by atoms with Crippen molar-refractivity contribution in [2.24, 2.45) is 0 Å². The molecule has 1 atom stereocenters. The third-order valence-corrected chi connectivity index (χ3v) is 3.38. The van der Waals surface area contributed by atoms with Crippen molar-refractivity contribution in [3.63, 3.8) is 0 Å². The van der Waals surface area contributed by atoms with Gasteiger partial charge in [0.25, 0.3) is 0 Å². The number of rotatable bonds is 9. The highest BCUT2D eigenvalue weighted by Gasteiger charge is 2.12. The van der Waals surface area contributed by atoms with E-state index in [1.807, 2.05) is 0 Å². The number of hydrogen-bond donors (Lipinski definition) is 2. The average Bonchev–Trinajstić information content (AvgIpc) is 2.42. The fourth-order valence-corrected chi connectivity index (χ4v) is 2.19. The number of aryl methyl sites for hydroxylation is 1. The number of unbranched alkanes of at least 4 members (excludes halogenated alkanes) is 1. The van der Waals surface area contributed by atoms with Crippen LogP contribution in [0.15, 0.2) is 0 Å². The predicted octanol–water partition coefficient (Wildman–Crippen LogP) is 4.16. The minimum Gasteiger partial charge on any atom is -0.370 e. The molecule has 0 aliphatic carbocycles. The van der Waals surface area contributed by atoms with Crippen molar-refractivity contribution < 1.29 is 0 Å². The van der Waals surface area contributed by atoms with Gasteiger partial charge in [-0.15, -0.1) is 0 Å². The Morgan fingerprint density at radius 2 is 1.75 bits per heavy atom. The summed E-state index contributed by atoms with van der Waals surface area (Å²) in [5.41, 5.74) is 1.12. The predicted molar refractivity (Wildman–Crippen MR) is 87.5 cm³/mol. The summed E-state index contributed by atoms with van der Waals surface area (Å²) in [7, 11) is 0. The third-order valence-electron chi connectivity index (χ3n) is 3.38. The topological polar surface area (TPSA) is 49.8 Å². The van der Waals surface area contributed by atoms with Crippen LogP contribution in [0.4, 0.5) is 11.6 Å². The van der Waals surface area contributed by atoms with Gasteiger partial charge in [0, 0.05) is 24.6 Å². The van der Waals surface area contributed by atoms with Crippen LogP contribution in [-0.2, 0) is 6.42 Å². The summed E-state index contributed by atoms with van der Waals surface area (Å²) in [5.74, 6) is 2.89. The Bertz CT molecular complexity index is 404. The zero-order valence-corrected chi connectivity index (χ0v) is 13.7. The van der Waals surface area contributed by atoms with E-state index in [0.717, 1.165) is 42.4 Å². The van der Waals surface area contributed by atoms with E-state index >= 15 is 0 Å². The van der Waals surface area contributed by atoms with Crippen LogP contribution in [0.5, 0.6) is 0 Å². The van der Waals surface area contributed by atoms with Crippen LogP contribution >= 0.6 is 0 Å². The molecule has 1 rings (SSSR count). The van der Waals surface area contributed by atoms with Crippen molar-refractivity contribution in [3.8, 4) is 0 Å². The number of hydrogen-bond acceptors (Lipinski definition) is 4. The van der Waals surface area contributed by atoms with Gasteiger partial charge in [0.05, 0.1) is 0 Å². The van der Waals surface area contributed by atoms with Gasteiger partial charge in [0.1, 0.15) is 17.5 Å². The first-order valence-electron chi connectivity index (χ1n) is 8.00. The maximum atomic E-state index is 4.69. The Morgan fingerprint density at radius 3 is 2.35 bits per heavy atom. The van der Waals surface area contributed by atoms with Gasteiger partial charge >= 0.3 is 0 Å². The summed E-state index contributed by atoms with van der Waals surface area (Å²) < 4.78 is 0. The molecule has 0 saturated carbocycles. The summed E-state index contributed by atoms with van der Waals surface area (Å²) in [6, 6.07) is 0.451. The summed E-state index contributed by atoms with van der Waals surface area (Å²) in [5, 5.41) is 6.89. The second-order valence-corrected chi connectivity index (χ2v) is 5.43. The third kappa shape index (κ3) is 4.99. The Morgan fingerprint density at radius 1 is 1.05 bits per heavy atom. The lowest BCUT2D eigenvalue weighted by molar-refractivity contribution is 0.641. The summed E-state index contributed by atoms with van der Waals surface area (Å²) in [4.78, 5) is 9.31. The summed E-state index contributed by atoms with van der Waals surface area (Å²) in [6.45, 7) is 11.7. The Hall–Kier alpha value is -1.32. The Labute approximate surface area is 123 Å². The van der Waals surface area contributed by atoms with E-state index in [2.05, 4.69) is 50.2 Å². The molecule has 0 fully saturated rings. The van der Waals surface area contributed by atoms with Crippen molar-refractivity contribution in [1.82, 2.24) is 9.97 Å². The highest BCUT2D eigenvalue weighted by molar-refractivity contribution is 5.57. The van der Waals surface area contributed by atoms with Gasteiger partial charge in [-0.25, -0.2) is 9.97 Å². The smallest absolute Gasteiger partial charge is 0.134 e. The van der Waals surface area contributed by atoms with Gasteiger partial charge in [0.2, 0.25) is 0 Å². The molecule has 0 amide bonds. The van der Waals surface area contributed by atoms with E-state index in [-0.39, 0.29) is 0 Å². The lowest BCUT2D eigenvalue weighted by Gasteiger charge is -2.18. The van der Waals surface area contributed by atoms with Crippen molar-refractivity contribution in [2.75, 3.05) is 17.2 Å². The summed E-state index contributed by atoms with van der Waals surface area (Å²) in [6.07, 6.45) is 5.66. The molecule has 2 N–H and O–H groups in total. The molecule has 0 aromatic carbocycles. The molecule has 1 unspecified atom stereocenters. The second kappa shape index (κ2) is 8.77. The fourth-order valence-electron chi connectivity index (χ4n) is 2.19. The molecule has 0 saturated heterocycles. The van der Waals surface area contributed by atoms with Crippen LogP contribution < -0.4 is 10.6 Å². The SMILES string of the molecule is CCCCC(C)Nc1nc(CCC)nc(NCC)c1C. The van der Waals surface area contributed by atoms with Crippen LogP contribution in [0.3, 0.4) is 0 Å². The first kappa shape index (κ1) is 16.7. The van der Waals surface area contributed by atoms with Crippen LogP contribution in [0.1, 0.15) is 64.8 Å². The van der Waals surface area contributed by atoms with Crippen molar-refractivity contribution in [1.29, 1.82) is 0 Å². The average molecular weight is 278 g/mol. The highest BCUT2D eigenvalue weighted by Crippen LogP contribution is 2.22. The monoisotopic (exact) mass is 278 g/mol. The van der Waals surface area contributed by atoms with E-state index in [1.54, 1.807) is 0 Å². The van der Waals surface area contributed by atoms with E-state index in [0.29, 0.717) is 6.04 Å². The molecule has 4 heteroatoms. The number of nitrogens with one attached hydrogen (secondary N) is 2. The van der Waals surface area contributed by atoms with Gasteiger partial charge < -0.3 is 10.6 Å². The zero-order chi connectivity index (χ0) is 15.0. The molecule has 0 aliphatic heterocycles. The van der Waals surface area contributed by atoms with E-state index in [9.17, 15) is 0 Å². The van der Waals surface area contributed by atoms with Gasteiger partial charge in [-0.3, -0.25) is 0 Å². The molecule has 1 heterocycles. The minimum absolute atomic E-state index is 0.451. The molecule has 1 aromatic heterocycles. The van der Waals surface area contributed by atoms with Gasteiger partial charge in [0.15, 0.2) is 0 Å². The number of aromatic nitrogens is 2. The van der Waals surface area contributed by atoms with E-state index in [1.165, 1.54) is 19.3 Å². The Balaban J connectivity index is 2.91. The molecular formula is C16H30N4. The number of nitrogens with zero attached hydrogens (tertiary/aromatic N) is 2. The van der Waals surface area contributed by atoms with Crippen LogP contribution in [0, 0.1) is 6.92 Å². The lowest BCUT2D eigenvalue weighted by Crippen LogP contribution is -2.19. The number of anilines is 2. The molecule has 0 bridgehead atoms. The van der Waals surface area contributed by atoms with Gasteiger partial charge in [-0.1, -0.05) is 26.7 Å². The standard InChI is InChI=1S/C16H30N4/c1-6-9-11-12(4)18-16-13(5)15(17-8-3)19-14(20-16)10-7-2/h12H,6-11H2,1-5H3,(H2,17,18,19,20). The maximum absolute atomic E-state index is 4.69. The first-order valence-corrected chi connectivity index (χ1v) is 8.00. The lowest BCUT2D eigenvalue weighted by atomic mass is 10.1. The normalized spacial score (nSPS) is 12.2. The second-order valence-electron chi connectivity index (χ2n) is 5.43. The van der Waals surface area contributed by atoms with E-state index in [4.69, 9.17) is 4.98 Å². The molecule has 4 nitrogen and oxygen atoms in total. The maximum Gasteiger partial charge on any atom is 0.134 e. The molecule has 20 heavy (non-hydrogen) atoms. The first-order chi connectivity index (χ1) is 9.62.